The van der Waals surface area contributed by atoms with Crippen molar-refractivity contribution in [3.63, 3.8) is 0 Å². The molecule has 0 bridgehead atoms. The van der Waals surface area contributed by atoms with Crippen LogP contribution < -0.4 is 15.1 Å². The molecule has 0 N–H and O–H groups in total. The maximum absolute atomic E-state index is 11.9. The van der Waals surface area contributed by atoms with Crippen LogP contribution in [0, 0.1) is 0 Å². The summed E-state index contributed by atoms with van der Waals surface area (Å²) < 4.78 is 15.8. The van der Waals surface area contributed by atoms with E-state index in [2.05, 4.69) is 0 Å². The van der Waals surface area contributed by atoms with Gasteiger partial charge in [0.2, 0.25) is 0 Å². The van der Waals surface area contributed by atoms with Crippen LogP contribution >= 0.6 is 23.2 Å². The summed E-state index contributed by atoms with van der Waals surface area (Å²) in [6.07, 6.45) is 0. The molecule has 0 fully saturated rings. The Kier molecular flexibility index (Phi) is 4.20. The molecule has 4 nitrogen and oxygen atoms in total. The quantitative estimate of drug-likeness (QED) is 0.637. The van der Waals surface area contributed by atoms with E-state index in [4.69, 9.17) is 37.1 Å². The second-order valence-corrected chi connectivity index (χ2v) is 5.65. The van der Waals surface area contributed by atoms with E-state index in [9.17, 15) is 4.79 Å². The monoisotopic (exact) mass is 350 g/mol. The van der Waals surface area contributed by atoms with E-state index < -0.39 is 5.63 Å². The van der Waals surface area contributed by atoms with Gasteiger partial charge in [-0.25, -0.2) is 4.79 Å². The van der Waals surface area contributed by atoms with Crippen molar-refractivity contribution in [3.05, 3.63) is 56.9 Å². The summed E-state index contributed by atoms with van der Waals surface area (Å²) in [5, 5.41) is 1.65. The first-order valence-corrected chi connectivity index (χ1v) is 7.44. The minimum atomic E-state index is -0.481. The summed E-state index contributed by atoms with van der Waals surface area (Å²) in [5.41, 5.74) is 1.22. The molecule has 0 aliphatic carbocycles. The third-order valence-electron chi connectivity index (χ3n) is 3.47. The van der Waals surface area contributed by atoms with Crippen LogP contribution in [0.3, 0.4) is 0 Å². The highest BCUT2D eigenvalue weighted by Gasteiger charge is 2.15. The Morgan fingerprint density at radius 3 is 2.26 bits per heavy atom. The molecule has 0 atom stereocenters. The predicted molar refractivity (Wildman–Crippen MR) is 91.0 cm³/mol. The van der Waals surface area contributed by atoms with E-state index in [1.165, 1.54) is 20.3 Å². The average Bonchev–Trinajstić information content (AvgIpc) is 2.53. The van der Waals surface area contributed by atoms with Crippen LogP contribution in [-0.2, 0) is 0 Å². The Hall–Kier alpha value is -2.17. The Labute approximate surface area is 142 Å². The van der Waals surface area contributed by atoms with Gasteiger partial charge in [-0.05, 0) is 18.2 Å². The van der Waals surface area contributed by atoms with Gasteiger partial charge in [-0.15, -0.1) is 0 Å². The molecular weight excluding hydrogens is 339 g/mol. The molecule has 0 aliphatic rings. The molecular formula is C17H12Cl2O4. The molecule has 3 rings (SSSR count). The van der Waals surface area contributed by atoms with Gasteiger partial charge in [-0.2, -0.15) is 0 Å². The van der Waals surface area contributed by atoms with Gasteiger partial charge in [0.1, 0.15) is 5.58 Å². The van der Waals surface area contributed by atoms with Crippen LogP contribution in [0.15, 0.2) is 45.6 Å². The second kappa shape index (κ2) is 6.14. The fourth-order valence-electron chi connectivity index (χ4n) is 2.42. The maximum Gasteiger partial charge on any atom is 0.336 e. The molecule has 0 radical (unpaired) electrons. The lowest BCUT2D eigenvalue weighted by Gasteiger charge is -2.12. The van der Waals surface area contributed by atoms with Gasteiger partial charge in [-0.3, -0.25) is 0 Å². The first-order valence-electron chi connectivity index (χ1n) is 6.69. The van der Waals surface area contributed by atoms with Crippen molar-refractivity contribution >= 4 is 34.2 Å². The highest BCUT2D eigenvalue weighted by Crippen LogP contribution is 2.38. The molecule has 0 saturated heterocycles. The van der Waals surface area contributed by atoms with Gasteiger partial charge in [0.05, 0.1) is 14.2 Å². The van der Waals surface area contributed by atoms with Gasteiger partial charge in [0.25, 0.3) is 0 Å². The van der Waals surface area contributed by atoms with Gasteiger partial charge in [0.15, 0.2) is 11.5 Å². The highest BCUT2D eigenvalue weighted by molar-refractivity contribution is 6.36. The van der Waals surface area contributed by atoms with Gasteiger partial charge in [-0.1, -0.05) is 29.3 Å². The molecule has 1 aromatic heterocycles. The van der Waals surface area contributed by atoms with Gasteiger partial charge >= 0.3 is 5.63 Å². The first kappa shape index (κ1) is 15.7. The summed E-state index contributed by atoms with van der Waals surface area (Å²) in [5.74, 6) is 1.00. The summed E-state index contributed by atoms with van der Waals surface area (Å²) in [7, 11) is 3.06. The lowest BCUT2D eigenvalue weighted by atomic mass is 10.0. The van der Waals surface area contributed by atoms with E-state index >= 15 is 0 Å². The summed E-state index contributed by atoms with van der Waals surface area (Å²) in [4.78, 5) is 11.9. The minimum absolute atomic E-state index is 0.385. The zero-order valence-corrected chi connectivity index (χ0v) is 13.9. The van der Waals surface area contributed by atoms with Crippen molar-refractivity contribution in [1.82, 2.24) is 0 Å². The number of hydrogen-bond acceptors (Lipinski definition) is 4. The average molecular weight is 351 g/mol. The third kappa shape index (κ3) is 2.87. The van der Waals surface area contributed by atoms with E-state index in [0.717, 1.165) is 0 Å². The fourth-order valence-corrected chi connectivity index (χ4v) is 2.93. The Bertz CT molecular complexity index is 947. The number of hydrogen-bond donors (Lipinski definition) is 0. The molecule has 0 saturated carbocycles. The number of ether oxygens (including phenoxy) is 2. The van der Waals surface area contributed by atoms with E-state index in [0.29, 0.717) is 43.6 Å². The van der Waals surface area contributed by atoms with Gasteiger partial charge in [0, 0.05) is 38.7 Å². The standard InChI is InChI=1S/C17H12Cl2O4/c1-21-15-6-12-11(10-4-3-9(18)5-13(10)19)7-17(20)23-14(12)8-16(15)22-2/h3-8H,1-2H3. The summed E-state index contributed by atoms with van der Waals surface area (Å²) in [6, 6.07) is 9.85. The Morgan fingerprint density at radius 1 is 0.913 bits per heavy atom. The normalized spacial score (nSPS) is 10.8. The van der Waals surface area contributed by atoms with Crippen LogP contribution in [-0.4, -0.2) is 14.2 Å². The molecule has 23 heavy (non-hydrogen) atoms. The highest BCUT2D eigenvalue weighted by atomic mass is 35.5. The summed E-state index contributed by atoms with van der Waals surface area (Å²) >= 11 is 12.2. The molecule has 0 unspecified atom stereocenters. The van der Waals surface area contributed by atoms with Gasteiger partial charge < -0.3 is 13.9 Å². The van der Waals surface area contributed by atoms with Crippen molar-refractivity contribution in [2.24, 2.45) is 0 Å². The second-order valence-electron chi connectivity index (χ2n) is 4.81. The Morgan fingerprint density at radius 2 is 1.61 bits per heavy atom. The van der Waals surface area contributed by atoms with Crippen molar-refractivity contribution in [2.45, 2.75) is 0 Å². The number of benzene rings is 2. The van der Waals surface area contributed by atoms with Crippen LogP contribution in [0.4, 0.5) is 0 Å². The molecule has 0 amide bonds. The molecule has 1 heterocycles. The van der Waals surface area contributed by atoms with Crippen LogP contribution in [0.5, 0.6) is 11.5 Å². The SMILES string of the molecule is COc1cc2oc(=O)cc(-c3ccc(Cl)cc3Cl)c2cc1OC. The first-order chi connectivity index (χ1) is 11.0. The van der Waals surface area contributed by atoms with Crippen LogP contribution in [0.25, 0.3) is 22.1 Å². The van der Waals surface area contributed by atoms with Crippen LogP contribution in [0.1, 0.15) is 0 Å². The van der Waals surface area contributed by atoms with E-state index in [1.54, 1.807) is 30.3 Å². The smallest absolute Gasteiger partial charge is 0.336 e. The number of halogens is 2. The van der Waals surface area contributed by atoms with Crippen LogP contribution in [0.2, 0.25) is 10.0 Å². The molecule has 118 valence electrons. The maximum atomic E-state index is 11.9. The topological polar surface area (TPSA) is 48.7 Å². The minimum Gasteiger partial charge on any atom is -0.493 e. The zero-order valence-electron chi connectivity index (χ0n) is 12.4. The fraction of sp³-hybridized carbons (Fsp3) is 0.118. The zero-order chi connectivity index (χ0) is 16.6. The molecule has 2 aromatic carbocycles. The van der Waals surface area contributed by atoms with E-state index in [-0.39, 0.29) is 0 Å². The van der Waals surface area contributed by atoms with Crippen molar-refractivity contribution in [3.8, 4) is 22.6 Å². The predicted octanol–water partition coefficient (Wildman–Crippen LogP) is 4.78. The van der Waals surface area contributed by atoms with Crippen molar-refractivity contribution < 1.29 is 13.9 Å². The number of methoxy groups -OCH3 is 2. The lowest BCUT2D eigenvalue weighted by Crippen LogP contribution is -2.00. The van der Waals surface area contributed by atoms with Crippen molar-refractivity contribution in [2.75, 3.05) is 14.2 Å². The third-order valence-corrected chi connectivity index (χ3v) is 4.02. The van der Waals surface area contributed by atoms with Crippen molar-refractivity contribution in [1.29, 1.82) is 0 Å². The largest absolute Gasteiger partial charge is 0.493 e. The number of fused-ring (bicyclic) bond motifs is 1. The molecule has 3 aromatic rings. The Balaban J connectivity index is 2.38. The van der Waals surface area contributed by atoms with E-state index in [1.807, 2.05) is 0 Å². The molecule has 0 spiro atoms. The molecule has 0 aliphatic heterocycles. The lowest BCUT2D eigenvalue weighted by molar-refractivity contribution is 0.355. The number of rotatable bonds is 3. The molecule has 6 heteroatoms. The summed E-state index contributed by atoms with van der Waals surface area (Å²) in [6.45, 7) is 0.